The summed E-state index contributed by atoms with van der Waals surface area (Å²) in [5, 5.41) is 3.41. The molecule has 0 aromatic heterocycles. The Labute approximate surface area is 182 Å². The predicted octanol–water partition coefficient (Wildman–Crippen LogP) is 3.92. The van der Waals surface area contributed by atoms with Gasteiger partial charge in [-0.05, 0) is 97.4 Å². The molecule has 172 valence electrons. The summed E-state index contributed by atoms with van der Waals surface area (Å²) in [6.45, 7) is 10.9. The zero-order valence-corrected chi connectivity index (χ0v) is 20.6. The third-order valence-corrected chi connectivity index (χ3v) is 9.89. The summed E-state index contributed by atoms with van der Waals surface area (Å²) in [7, 11) is -6.75. The first-order valence-electron chi connectivity index (χ1n) is 10.5. The topological polar surface area (TPSA) is 104 Å². The van der Waals surface area contributed by atoms with E-state index in [1.807, 2.05) is 12.1 Å². The van der Waals surface area contributed by atoms with E-state index in [-0.39, 0.29) is 6.04 Å². The molecular formula is C21H37N3O4S2. The number of hydrogen-bond donors (Lipinski definition) is 3. The molecule has 2 rings (SSSR count). The van der Waals surface area contributed by atoms with Crippen molar-refractivity contribution in [3.63, 3.8) is 0 Å². The molecule has 1 aromatic carbocycles. The molecular weight excluding hydrogens is 422 g/mol. The monoisotopic (exact) mass is 459 g/mol. The van der Waals surface area contributed by atoms with Crippen molar-refractivity contribution in [3.8, 4) is 0 Å². The summed E-state index contributed by atoms with van der Waals surface area (Å²) in [5.41, 5.74) is 1.48. The molecule has 0 unspecified atom stereocenters. The fourth-order valence-corrected chi connectivity index (χ4v) is 4.89. The van der Waals surface area contributed by atoms with Crippen LogP contribution in [0.5, 0.6) is 0 Å². The normalized spacial score (nSPS) is 21.3. The summed E-state index contributed by atoms with van der Waals surface area (Å²) in [4.78, 5) is 0. The Morgan fingerprint density at radius 2 is 1.23 bits per heavy atom. The van der Waals surface area contributed by atoms with E-state index in [0.29, 0.717) is 11.6 Å². The number of rotatable bonds is 7. The number of nitrogens with one attached hydrogen (secondary N) is 3. The number of hydrogen-bond acceptors (Lipinski definition) is 5. The van der Waals surface area contributed by atoms with Crippen LogP contribution < -0.4 is 14.8 Å². The second kappa shape index (κ2) is 9.04. The molecule has 30 heavy (non-hydrogen) atoms. The highest BCUT2D eigenvalue weighted by Gasteiger charge is 2.33. The summed E-state index contributed by atoms with van der Waals surface area (Å²) < 4.78 is 52.9. The predicted molar refractivity (Wildman–Crippen MR) is 125 cm³/mol. The first-order valence-corrected chi connectivity index (χ1v) is 13.5. The van der Waals surface area contributed by atoms with Gasteiger partial charge >= 0.3 is 0 Å². The molecule has 0 saturated heterocycles. The van der Waals surface area contributed by atoms with Crippen LogP contribution in [0.1, 0.15) is 67.2 Å². The van der Waals surface area contributed by atoms with Gasteiger partial charge < -0.3 is 5.32 Å². The Balaban J connectivity index is 1.81. The molecule has 1 fully saturated rings. The fourth-order valence-electron chi connectivity index (χ4n) is 3.11. The van der Waals surface area contributed by atoms with Crippen LogP contribution in [0.15, 0.2) is 24.3 Å². The fraction of sp³-hybridized carbons (Fsp3) is 0.714. The van der Waals surface area contributed by atoms with Crippen LogP contribution >= 0.6 is 0 Å². The van der Waals surface area contributed by atoms with Crippen molar-refractivity contribution < 1.29 is 16.8 Å². The maximum absolute atomic E-state index is 12.3. The van der Waals surface area contributed by atoms with E-state index >= 15 is 0 Å². The van der Waals surface area contributed by atoms with Gasteiger partial charge in [0.2, 0.25) is 20.0 Å². The van der Waals surface area contributed by atoms with Crippen LogP contribution in [0, 0.1) is 5.92 Å². The molecule has 3 N–H and O–H groups in total. The highest BCUT2D eigenvalue weighted by atomic mass is 32.2. The SMILES string of the molecule is CC(C)(C)S(=O)(=O)Nc1ccc(NCC2CCC(NS(=O)(=O)C(C)(C)C)CC2)cc1. The zero-order chi connectivity index (χ0) is 22.8. The molecule has 1 aromatic rings. The van der Waals surface area contributed by atoms with Gasteiger partial charge in [0.05, 0.1) is 9.49 Å². The Hall–Kier alpha value is -1.32. The highest BCUT2D eigenvalue weighted by Crippen LogP contribution is 2.27. The first-order chi connectivity index (χ1) is 13.6. The highest BCUT2D eigenvalue weighted by molar-refractivity contribution is 7.94. The summed E-state index contributed by atoms with van der Waals surface area (Å²) in [6.07, 6.45) is 3.62. The van der Waals surface area contributed by atoms with E-state index < -0.39 is 29.5 Å². The smallest absolute Gasteiger partial charge is 0.237 e. The van der Waals surface area contributed by atoms with Gasteiger partial charge in [-0.25, -0.2) is 21.6 Å². The third-order valence-electron chi connectivity index (χ3n) is 5.51. The van der Waals surface area contributed by atoms with Gasteiger partial charge in [-0.2, -0.15) is 0 Å². The molecule has 0 atom stereocenters. The molecule has 0 spiro atoms. The van der Waals surface area contributed by atoms with E-state index in [9.17, 15) is 16.8 Å². The summed E-state index contributed by atoms with van der Waals surface area (Å²) in [5.74, 6) is 0.486. The minimum Gasteiger partial charge on any atom is -0.385 e. The number of benzene rings is 1. The van der Waals surface area contributed by atoms with Crippen molar-refractivity contribution >= 4 is 31.4 Å². The van der Waals surface area contributed by atoms with E-state index in [0.717, 1.165) is 37.9 Å². The molecule has 0 heterocycles. The molecule has 0 aliphatic heterocycles. The van der Waals surface area contributed by atoms with Crippen molar-refractivity contribution in [1.29, 1.82) is 0 Å². The summed E-state index contributed by atoms with van der Waals surface area (Å²) in [6, 6.07) is 7.25. The molecule has 9 heteroatoms. The van der Waals surface area contributed by atoms with Gasteiger partial charge in [0.1, 0.15) is 0 Å². The second-order valence-corrected chi connectivity index (χ2v) is 15.0. The third kappa shape index (κ3) is 6.59. The Bertz CT molecular complexity index is 904. The van der Waals surface area contributed by atoms with Crippen molar-refractivity contribution in [3.05, 3.63) is 24.3 Å². The Kier molecular flexibility index (Phi) is 7.52. The molecule has 7 nitrogen and oxygen atoms in total. The minimum atomic E-state index is -3.44. The van der Waals surface area contributed by atoms with Crippen molar-refractivity contribution in [1.82, 2.24) is 4.72 Å². The van der Waals surface area contributed by atoms with Crippen LogP contribution in [0.25, 0.3) is 0 Å². The average Bonchev–Trinajstić information content (AvgIpc) is 2.60. The van der Waals surface area contributed by atoms with Gasteiger partial charge in [0.15, 0.2) is 0 Å². The Morgan fingerprint density at radius 1 is 0.767 bits per heavy atom. The lowest BCUT2D eigenvalue weighted by Crippen LogP contribution is -2.46. The molecule has 0 radical (unpaired) electrons. The second-order valence-electron chi connectivity index (χ2n) is 10.1. The largest absolute Gasteiger partial charge is 0.385 e. The molecule has 1 aliphatic carbocycles. The maximum atomic E-state index is 12.3. The quantitative estimate of drug-likeness (QED) is 0.573. The van der Waals surface area contributed by atoms with Crippen LogP contribution in [-0.2, 0) is 20.0 Å². The molecule has 0 bridgehead atoms. The van der Waals surface area contributed by atoms with E-state index in [1.54, 1.807) is 53.7 Å². The van der Waals surface area contributed by atoms with Crippen molar-refractivity contribution in [2.24, 2.45) is 5.92 Å². The molecule has 0 amide bonds. The molecule has 1 aliphatic rings. The van der Waals surface area contributed by atoms with Gasteiger partial charge in [-0.3, -0.25) is 4.72 Å². The van der Waals surface area contributed by atoms with E-state index in [4.69, 9.17) is 0 Å². The van der Waals surface area contributed by atoms with Crippen LogP contribution in [0.4, 0.5) is 11.4 Å². The Morgan fingerprint density at radius 3 is 1.70 bits per heavy atom. The summed E-state index contributed by atoms with van der Waals surface area (Å²) >= 11 is 0. The zero-order valence-electron chi connectivity index (χ0n) is 18.9. The van der Waals surface area contributed by atoms with Crippen LogP contribution in [0.3, 0.4) is 0 Å². The first kappa shape index (κ1) is 24.9. The lowest BCUT2D eigenvalue weighted by atomic mass is 9.86. The van der Waals surface area contributed by atoms with Gasteiger partial charge in [-0.15, -0.1) is 0 Å². The minimum absolute atomic E-state index is 0.0144. The maximum Gasteiger partial charge on any atom is 0.237 e. The van der Waals surface area contributed by atoms with Crippen LogP contribution in [0.2, 0.25) is 0 Å². The van der Waals surface area contributed by atoms with Gasteiger partial charge in [0, 0.05) is 24.0 Å². The lowest BCUT2D eigenvalue weighted by molar-refractivity contribution is 0.322. The average molecular weight is 460 g/mol. The van der Waals surface area contributed by atoms with Crippen molar-refractivity contribution in [2.75, 3.05) is 16.6 Å². The molecule has 1 saturated carbocycles. The lowest BCUT2D eigenvalue weighted by Gasteiger charge is -2.31. The van der Waals surface area contributed by atoms with Crippen LogP contribution in [-0.4, -0.2) is 38.9 Å². The van der Waals surface area contributed by atoms with Gasteiger partial charge in [-0.1, -0.05) is 0 Å². The van der Waals surface area contributed by atoms with E-state index in [2.05, 4.69) is 14.8 Å². The van der Waals surface area contributed by atoms with E-state index in [1.165, 1.54) is 0 Å². The van der Waals surface area contributed by atoms with Gasteiger partial charge in [0.25, 0.3) is 0 Å². The standard InChI is InChI=1S/C21H37N3O4S2/c1-20(2,3)29(25,26)23-18-9-7-16(8-10-18)15-22-17-11-13-19(14-12-17)24-30(27,28)21(4,5)6/h11-14,16,18,22-24H,7-10,15H2,1-6H3. The number of anilines is 2. The van der Waals surface area contributed by atoms with Crippen molar-refractivity contribution in [2.45, 2.75) is 82.8 Å². The number of sulfonamides is 2.